The second-order valence-electron chi connectivity index (χ2n) is 7.83. The van der Waals surface area contributed by atoms with Crippen molar-refractivity contribution >= 4 is 45.4 Å². The Morgan fingerprint density at radius 2 is 1.90 bits per heavy atom. The van der Waals surface area contributed by atoms with Crippen LogP contribution < -0.4 is 5.32 Å². The molecule has 4 rings (SSSR count). The van der Waals surface area contributed by atoms with Gasteiger partial charge in [0.25, 0.3) is 5.91 Å². The molecule has 160 valence electrons. The van der Waals surface area contributed by atoms with Gasteiger partial charge in [-0.1, -0.05) is 22.9 Å². The summed E-state index contributed by atoms with van der Waals surface area (Å²) in [4.78, 5) is 48.6. The van der Waals surface area contributed by atoms with Gasteiger partial charge < -0.3 is 19.5 Å². The zero-order chi connectivity index (χ0) is 21.4. The van der Waals surface area contributed by atoms with Crippen molar-refractivity contribution in [1.82, 2.24) is 0 Å². The molecular weight excluding hydrogens is 458 g/mol. The highest BCUT2D eigenvalue weighted by molar-refractivity contribution is 9.09. The molecule has 2 aliphatic carbocycles. The normalized spacial score (nSPS) is 30.7. The van der Waals surface area contributed by atoms with Crippen LogP contribution in [0.5, 0.6) is 0 Å². The molecule has 30 heavy (non-hydrogen) atoms. The van der Waals surface area contributed by atoms with Gasteiger partial charge in [-0.15, -0.1) is 0 Å². The maximum atomic E-state index is 12.6. The Labute approximate surface area is 181 Å². The Kier molecular flexibility index (Phi) is 5.81. The van der Waals surface area contributed by atoms with E-state index in [9.17, 15) is 19.2 Å². The van der Waals surface area contributed by atoms with Crippen LogP contribution in [-0.4, -0.2) is 48.0 Å². The molecule has 0 radical (unpaired) electrons. The molecule has 3 aliphatic rings. The predicted octanol–water partition coefficient (Wildman–Crippen LogP) is 2.31. The number of nitrogens with one attached hydrogen (secondary N) is 1. The third-order valence-corrected chi connectivity index (χ3v) is 7.18. The summed E-state index contributed by atoms with van der Waals surface area (Å²) in [7, 11) is 0. The fourth-order valence-corrected chi connectivity index (χ4v) is 5.74. The average Bonchev–Trinajstić information content (AvgIpc) is 3.35. The van der Waals surface area contributed by atoms with Crippen molar-refractivity contribution in [3.05, 3.63) is 29.8 Å². The number of halogens is 1. The molecule has 1 saturated heterocycles. The van der Waals surface area contributed by atoms with E-state index in [2.05, 4.69) is 21.2 Å². The number of carbonyl (C=O) groups is 4. The fourth-order valence-electron chi connectivity index (χ4n) is 4.69. The van der Waals surface area contributed by atoms with Gasteiger partial charge in [-0.25, -0.2) is 4.79 Å². The molecule has 1 aliphatic heterocycles. The fraction of sp³-hybridized carbons (Fsp3) is 0.524. The number of carbonyl (C=O) groups excluding carboxylic acids is 4. The lowest BCUT2D eigenvalue weighted by molar-refractivity contribution is -0.157. The van der Waals surface area contributed by atoms with Crippen LogP contribution >= 0.6 is 15.9 Å². The minimum Gasteiger partial charge on any atom is -0.462 e. The van der Waals surface area contributed by atoms with Gasteiger partial charge in [0.2, 0.25) is 0 Å². The zero-order valence-electron chi connectivity index (χ0n) is 16.3. The Hall–Kier alpha value is -2.42. The molecule has 2 saturated carbocycles. The highest BCUT2D eigenvalue weighted by Gasteiger charge is 2.68. The first-order valence-electron chi connectivity index (χ1n) is 9.99. The van der Waals surface area contributed by atoms with E-state index in [1.807, 2.05) is 6.92 Å². The highest BCUT2D eigenvalue weighted by atomic mass is 79.9. The quantitative estimate of drug-likeness (QED) is 0.363. The van der Waals surface area contributed by atoms with Crippen molar-refractivity contribution in [3.8, 4) is 0 Å². The molecule has 1 N–H and O–H groups in total. The van der Waals surface area contributed by atoms with Crippen molar-refractivity contribution in [2.45, 2.75) is 30.7 Å². The number of rotatable bonds is 7. The van der Waals surface area contributed by atoms with E-state index < -0.39 is 36.3 Å². The number of anilines is 1. The second-order valence-corrected chi connectivity index (χ2v) is 8.89. The first-order valence-corrected chi connectivity index (χ1v) is 10.9. The molecule has 1 amide bonds. The third-order valence-electron chi connectivity index (χ3n) is 5.98. The lowest BCUT2D eigenvalue weighted by atomic mass is 9.80. The van der Waals surface area contributed by atoms with E-state index in [0.717, 1.165) is 12.8 Å². The number of hydrogen-bond donors (Lipinski definition) is 1. The second kappa shape index (κ2) is 8.37. The van der Waals surface area contributed by atoms with Crippen LogP contribution in [0.4, 0.5) is 5.69 Å². The molecule has 1 aromatic rings. The molecule has 9 heteroatoms. The number of esters is 3. The smallest absolute Gasteiger partial charge is 0.338 e. The summed E-state index contributed by atoms with van der Waals surface area (Å²) >= 11 is 3.54. The molecule has 1 aromatic carbocycles. The topological polar surface area (TPSA) is 108 Å². The van der Waals surface area contributed by atoms with Crippen LogP contribution in [0.15, 0.2) is 24.3 Å². The van der Waals surface area contributed by atoms with E-state index in [-0.39, 0.29) is 28.7 Å². The summed E-state index contributed by atoms with van der Waals surface area (Å²) in [5.74, 6) is -2.84. The van der Waals surface area contributed by atoms with Crippen LogP contribution in [0.25, 0.3) is 0 Å². The van der Waals surface area contributed by atoms with E-state index in [4.69, 9.17) is 14.2 Å². The minimum atomic E-state index is -0.577. The first-order chi connectivity index (χ1) is 14.4. The Morgan fingerprint density at radius 3 is 2.60 bits per heavy atom. The molecule has 0 spiro atoms. The van der Waals surface area contributed by atoms with Crippen LogP contribution in [0.2, 0.25) is 0 Å². The number of hydrogen-bond acceptors (Lipinski definition) is 7. The third kappa shape index (κ3) is 3.71. The number of ether oxygens (including phenoxy) is 3. The molecule has 6 atom stereocenters. The van der Waals surface area contributed by atoms with Crippen LogP contribution in [-0.2, 0) is 28.6 Å². The van der Waals surface area contributed by atoms with Gasteiger partial charge in [0.15, 0.2) is 6.61 Å². The summed E-state index contributed by atoms with van der Waals surface area (Å²) in [6.45, 7) is 1.80. The van der Waals surface area contributed by atoms with Gasteiger partial charge in [-0.2, -0.15) is 0 Å². The van der Waals surface area contributed by atoms with Gasteiger partial charge in [-0.05, 0) is 43.0 Å². The average molecular weight is 480 g/mol. The maximum absolute atomic E-state index is 12.6. The summed E-state index contributed by atoms with van der Waals surface area (Å²) in [5.41, 5.74) is 0.848. The van der Waals surface area contributed by atoms with E-state index in [1.54, 1.807) is 24.3 Å². The number of amides is 1. The molecule has 2 bridgehead atoms. The summed E-state index contributed by atoms with van der Waals surface area (Å²) in [5, 5.41) is 2.61. The van der Waals surface area contributed by atoms with Crippen molar-refractivity contribution in [2.75, 3.05) is 18.5 Å². The van der Waals surface area contributed by atoms with E-state index >= 15 is 0 Å². The van der Waals surface area contributed by atoms with Crippen LogP contribution in [0.1, 0.15) is 30.1 Å². The van der Waals surface area contributed by atoms with E-state index in [1.165, 1.54) is 0 Å². The minimum absolute atomic E-state index is 0.0213. The summed E-state index contributed by atoms with van der Waals surface area (Å²) in [6.07, 6.45) is 1.32. The molecule has 3 fully saturated rings. The Balaban J connectivity index is 1.28. The van der Waals surface area contributed by atoms with Crippen molar-refractivity contribution in [1.29, 1.82) is 0 Å². The zero-order valence-corrected chi connectivity index (χ0v) is 17.9. The van der Waals surface area contributed by atoms with Crippen molar-refractivity contribution < 1.29 is 33.4 Å². The van der Waals surface area contributed by atoms with Gasteiger partial charge in [-0.3, -0.25) is 14.4 Å². The van der Waals surface area contributed by atoms with Crippen LogP contribution in [0.3, 0.4) is 0 Å². The monoisotopic (exact) mass is 479 g/mol. The largest absolute Gasteiger partial charge is 0.462 e. The number of alkyl halides is 1. The Morgan fingerprint density at radius 1 is 1.17 bits per heavy atom. The number of fused-ring (bicyclic) bond motifs is 1. The van der Waals surface area contributed by atoms with Gasteiger partial charge in [0.05, 0.1) is 28.8 Å². The van der Waals surface area contributed by atoms with Gasteiger partial charge in [0, 0.05) is 11.6 Å². The lowest BCUT2D eigenvalue weighted by Crippen LogP contribution is -2.39. The van der Waals surface area contributed by atoms with Crippen molar-refractivity contribution in [3.63, 3.8) is 0 Å². The van der Waals surface area contributed by atoms with E-state index in [0.29, 0.717) is 17.9 Å². The predicted molar refractivity (Wildman–Crippen MR) is 108 cm³/mol. The molecule has 1 heterocycles. The van der Waals surface area contributed by atoms with Crippen molar-refractivity contribution in [2.24, 2.45) is 23.7 Å². The standard InChI is InChI=1S/C21H22BrNO7/c1-2-7-28-19(25)10-3-5-11(6-4-10)23-14(24)9-29-20(26)15-12-8-13-16(15)21(27)30-18(13)17(12)22/h3-6,12-13,15-18H,2,7-9H2,1H3,(H,23,24)/t12-,13-,15-,16+,17-,18+/m1/s1. The SMILES string of the molecule is CCCOC(=O)c1ccc(NC(=O)COC(=O)[C@@H]2[C@H]3C[C@H]4[C@H](OC(=O)[C@@H]42)[C@@H]3Br)cc1. The summed E-state index contributed by atoms with van der Waals surface area (Å²) < 4.78 is 15.6. The molecule has 0 unspecified atom stereocenters. The van der Waals surface area contributed by atoms with Crippen LogP contribution in [0, 0.1) is 23.7 Å². The highest BCUT2D eigenvalue weighted by Crippen LogP contribution is 2.60. The Bertz CT molecular complexity index is 871. The number of benzene rings is 1. The first kappa shape index (κ1) is 20.8. The molecular formula is C21H22BrNO7. The molecule has 8 nitrogen and oxygen atoms in total. The maximum Gasteiger partial charge on any atom is 0.338 e. The van der Waals surface area contributed by atoms with Gasteiger partial charge in [0.1, 0.15) is 6.10 Å². The molecule has 0 aromatic heterocycles. The summed E-state index contributed by atoms with van der Waals surface area (Å²) in [6, 6.07) is 6.24. The lowest BCUT2D eigenvalue weighted by Gasteiger charge is -2.26. The van der Waals surface area contributed by atoms with Gasteiger partial charge >= 0.3 is 17.9 Å².